The number of thioether (sulfide) groups is 1. The van der Waals surface area contributed by atoms with Crippen molar-refractivity contribution in [2.24, 2.45) is 4.99 Å². The first-order valence-corrected chi connectivity index (χ1v) is 11.9. The second-order valence-electron chi connectivity index (χ2n) is 7.98. The van der Waals surface area contributed by atoms with Crippen molar-refractivity contribution >= 4 is 34.4 Å². The molecule has 1 aliphatic rings. The van der Waals surface area contributed by atoms with Gasteiger partial charge in [-0.1, -0.05) is 23.9 Å². The van der Waals surface area contributed by atoms with E-state index >= 15 is 0 Å². The number of aliphatic imine (C=N–C) groups is 1. The van der Waals surface area contributed by atoms with Gasteiger partial charge in [0.05, 0.1) is 14.2 Å². The Balaban J connectivity index is 1.55. The number of methoxy groups -OCH3 is 2. The summed E-state index contributed by atoms with van der Waals surface area (Å²) in [6, 6.07) is 8.59. The Kier molecular flexibility index (Phi) is 7.81. The van der Waals surface area contributed by atoms with E-state index in [0.717, 1.165) is 23.9 Å². The molecule has 2 atom stereocenters. The summed E-state index contributed by atoms with van der Waals surface area (Å²) < 4.78 is 23.9. The number of H-pyrrole nitrogens is 2. The van der Waals surface area contributed by atoms with Crippen molar-refractivity contribution in [3.8, 4) is 17.4 Å². The maximum atomic E-state index is 13.5. The molecule has 38 heavy (non-hydrogen) atoms. The Morgan fingerprint density at radius 2 is 1.82 bits per heavy atom. The molecule has 12 nitrogen and oxygen atoms in total. The number of hydrogen-bond donors (Lipinski definition) is 5. The van der Waals surface area contributed by atoms with Gasteiger partial charge in [0.2, 0.25) is 17.7 Å². The maximum Gasteiger partial charge on any atom is 0.328 e. The first-order chi connectivity index (χ1) is 18.2. The first kappa shape index (κ1) is 26.5. The van der Waals surface area contributed by atoms with Crippen LogP contribution in [0, 0.1) is 5.82 Å². The summed E-state index contributed by atoms with van der Waals surface area (Å²) in [6.45, 7) is 0. The minimum Gasteiger partial charge on any atom is -0.494 e. The van der Waals surface area contributed by atoms with Gasteiger partial charge in [-0.3, -0.25) is 24.4 Å². The highest BCUT2D eigenvalue weighted by Crippen LogP contribution is 2.33. The van der Waals surface area contributed by atoms with Crippen LogP contribution >= 0.6 is 11.8 Å². The van der Waals surface area contributed by atoms with Crippen molar-refractivity contribution in [2.45, 2.75) is 17.7 Å². The molecule has 0 unspecified atom stereocenters. The highest BCUT2D eigenvalue weighted by Gasteiger charge is 2.34. The Morgan fingerprint density at radius 1 is 1.11 bits per heavy atom. The highest BCUT2D eigenvalue weighted by atomic mass is 32.2. The maximum absolute atomic E-state index is 13.5. The molecule has 198 valence electrons. The van der Waals surface area contributed by atoms with Crippen molar-refractivity contribution in [1.29, 1.82) is 0 Å². The van der Waals surface area contributed by atoms with Crippen LogP contribution in [0.25, 0.3) is 0 Å². The lowest BCUT2D eigenvalue weighted by molar-refractivity contribution is -0.122. The third kappa shape index (κ3) is 5.86. The fraction of sp³-hybridized carbons (Fsp3) is 0.208. The Labute approximate surface area is 218 Å². The van der Waals surface area contributed by atoms with Crippen LogP contribution in [0.3, 0.4) is 0 Å². The second kappa shape index (κ2) is 11.2. The molecular weight excluding hydrogens is 521 g/mol. The van der Waals surface area contributed by atoms with Gasteiger partial charge < -0.3 is 25.2 Å². The molecule has 2 aromatic carbocycles. The van der Waals surface area contributed by atoms with Gasteiger partial charge in [-0.05, 0) is 29.8 Å². The Bertz CT molecular complexity index is 1520. The van der Waals surface area contributed by atoms with Gasteiger partial charge in [0.25, 0.3) is 5.56 Å². The molecule has 0 aliphatic carbocycles. The molecule has 1 saturated heterocycles. The fourth-order valence-electron chi connectivity index (χ4n) is 3.70. The summed E-state index contributed by atoms with van der Waals surface area (Å²) in [7, 11) is 2.95. The molecule has 1 aliphatic heterocycles. The SMILES string of the molecule is COc1ccc(NC(=O)C[C@@H]2SC(=N[C@@H](c3ccc(F)cc3)c3c(O)[nH]c(=O)[nH]c3=O)NC2=O)cc1OC. The molecular formula is C24H22FN5O7S. The van der Waals surface area contributed by atoms with E-state index in [2.05, 4.69) is 20.6 Å². The average Bonchev–Trinajstić information content (AvgIpc) is 3.21. The Morgan fingerprint density at radius 3 is 2.47 bits per heavy atom. The summed E-state index contributed by atoms with van der Waals surface area (Å²) in [5.74, 6) is -1.30. The average molecular weight is 544 g/mol. The standard InChI is InChI=1S/C24H22FN5O7S/c1-36-14-8-7-13(9-15(14)37-2)26-17(31)10-16-20(32)30-24(38-16)27-19(11-3-5-12(25)6-4-11)18-21(33)28-23(35)29-22(18)34/h3-9,16,19H,10H2,1-2H3,(H,26,31)(H,27,30,32)(H3,28,29,33,34,35)/t16-,19-/m0/s1. The monoisotopic (exact) mass is 543 g/mol. The van der Waals surface area contributed by atoms with Gasteiger partial charge in [-0.15, -0.1) is 0 Å². The number of aromatic amines is 2. The second-order valence-corrected chi connectivity index (χ2v) is 9.17. The molecule has 1 aromatic heterocycles. The smallest absolute Gasteiger partial charge is 0.328 e. The number of amidine groups is 1. The van der Waals surface area contributed by atoms with Gasteiger partial charge in [0.1, 0.15) is 22.7 Å². The Hall–Kier alpha value is -4.59. The van der Waals surface area contributed by atoms with Crippen molar-refractivity contribution in [3.05, 3.63) is 80.2 Å². The summed E-state index contributed by atoms with van der Waals surface area (Å²) in [6.07, 6.45) is -0.199. The van der Waals surface area contributed by atoms with Gasteiger partial charge in [0, 0.05) is 18.2 Å². The zero-order valence-electron chi connectivity index (χ0n) is 20.0. The van der Waals surface area contributed by atoms with Crippen LogP contribution in [-0.4, -0.2) is 51.5 Å². The summed E-state index contributed by atoms with van der Waals surface area (Å²) >= 11 is 0.951. The fourth-order valence-corrected chi connectivity index (χ4v) is 4.70. The van der Waals surface area contributed by atoms with Crippen LogP contribution in [0.15, 0.2) is 57.0 Å². The minimum absolute atomic E-state index is 0.0678. The molecule has 0 saturated carbocycles. The van der Waals surface area contributed by atoms with Gasteiger partial charge >= 0.3 is 5.69 Å². The number of hydrogen-bond acceptors (Lipinski definition) is 9. The first-order valence-electron chi connectivity index (χ1n) is 11.1. The van der Waals surface area contributed by atoms with Crippen molar-refractivity contribution < 1.29 is 28.6 Å². The predicted octanol–water partition coefficient (Wildman–Crippen LogP) is 1.63. The summed E-state index contributed by atoms with van der Waals surface area (Å²) in [4.78, 5) is 57.7. The third-order valence-corrected chi connectivity index (χ3v) is 6.57. The molecule has 4 rings (SSSR count). The van der Waals surface area contributed by atoms with E-state index < -0.39 is 46.1 Å². The summed E-state index contributed by atoms with van der Waals surface area (Å²) in [5, 5.41) is 14.8. The van der Waals surface area contributed by atoms with Crippen LogP contribution in [0.5, 0.6) is 17.4 Å². The van der Waals surface area contributed by atoms with Gasteiger partial charge in [-0.25, -0.2) is 14.2 Å². The molecule has 5 N–H and O–H groups in total. The quantitative estimate of drug-likeness (QED) is 0.285. The van der Waals surface area contributed by atoms with Crippen LogP contribution < -0.4 is 31.4 Å². The van der Waals surface area contributed by atoms with Gasteiger partial charge in [0.15, 0.2) is 16.7 Å². The van der Waals surface area contributed by atoms with Crippen molar-refractivity contribution in [1.82, 2.24) is 15.3 Å². The number of carbonyl (C=O) groups is 2. The lowest BCUT2D eigenvalue weighted by atomic mass is 10.0. The third-order valence-electron chi connectivity index (χ3n) is 5.48. The molecule has 14 heteroatoms. The topological polar surface area (TPSA) is 175 Å². The molecule has 2 heterocycles. The number of rotatable bonds is 8. The van der Waals surface area contributed by atoms with Gasteiger partial charge in [-0.2, -0.15) is 0 Å². The number of aromatic nitrogens is 2. The number of nitrogens with zero attached hydrogens (tertiary/aromatic N) is 1. The molecule has 0 spiro atoms. The number of halogens is 1. The van der Waals surface area contributed by atoms with E-state index in [0.29, 0.717) is 22.7 Å². The van der Waals surface area contributed by atoms with Crippen LogP contribution in [0.1, 0.15) is 23.6 Å². The number of anilines is 1. The number of amides is 2. The zero-order chi connectivity index (χ0) is 27.4. The molecule has 0 radical (unpaired) electrons. The van der Waals surface area contributed by atoms with Crippen LogP contribution in [-0.2, 0) is 9.59 Å². The largest absolute Gasteiger partial charge is 0.494 e. The van der Waals surface area contributed by atoms with E-state index in [1.807, 2.05) is 4.98 Å². The number of aromatic hydroxyl groups is 1. The number of benzene rings is 2. The van der Waals surface area contributed by atoms with Crippen molar-refractivity contribution in [3.63, 3.8) is 0 Å². The summed E-state index contributed by atoms with van der Waals surface area (Å²) in [5.41, 5.74) is -1.41. The molecule has 1 fully saturated rings. The van der Waals surface area contributed by atoms with E-state index in [1.54, 1.807) is 18.2 Å². The zero-order valence-corrected chi connectivity index (χ0v) is 20.8. The van der Waals surface area contributed by atoms with Crippen LogP contribution in [0.4, 0.5) is 10.1 Å². The lowest BCUT2D eigenvalue weighted by Gasteiger charge is -2.14. The normalized spacial score (nSPS) is 16.7. The van der Waals surface area contributed by atoms with E-state index in [4.69, 9.17) is 9.47 Å². The minimum atomic E-state index is -1.21. The number of ether oxygens (including phenoxy) is 2. The van der Waals surface area contributed by atoms with E-state index in [-0.39, 0.29) is 17.2 Å². The number of nitrogens with one attached hydrogen (secondary N) is 4. The molecule has 3 aromatic rings. The predicted molar refractivity (Wildman–Crippen MR) is 137 cm³/mol. The van der Waals surface area contributed by atoms with Crippen LogP contribution in [0.2, 0.25) is 0 Å². The van der Waals surface area contributed by atoms with E-state index in [9.17, 15) is 28.7 Å². The molecule has 0 bridgehead atoms. The van der Waals surface area contributed by atoms with E-state index in [1.165, 1.54) is 26.4 Å². The molecule has 2 amide bonds. The highest BCUT2D eigenvalue weighted by molar-refractivity contribution is 8.15. The number of carbonyl (C=O) groups excluding carboxylic acids is 2. The lowest BCUT2D eigenvalue weighted by Crippen LogP contribution is -2.29. The van der Waals surface area contributed by atoms with Crippen molar-refractivity contribution in [2.75, 3.05) is 19.5 Å².